The smallest absolute Gasteiger partial charge is 0.313 e. The van der Waals surface area contributed by atoms with Crippen molar-refractivity contribution in [2.24, 2.45) is 0 Å². The molecule has 0 spiro atoms. The second kappa shape index (κ2) is 6.24. The van der Waals surface area contributed by atoms with E-state index in [9.17, 15) is 4.79 Å². The Morgan fingerprint density at radius 1 is 1.47 bits per heavy atom. The Hall–Kier alpha value is -2.02. The van der Waals surface area contributed by atoms with Gasteiger partial charge >= 0.3 is 5.97 Å². The number of methoxy groups -OCH3 is 1. The Bertz CT molecular complexity index is 571. The van der Waals surface area contributed by atoms with Crippen LogP contribution in [0.5, 0.6) is 5.88 Å². The predicted octanol–water partition coefficient (Wildman–Crippen LogP) is 1.51. The molecule has 2 rings (SSSR count). The molecule has 6 nitrogen and oxygen atoms in total. The summed E-state index contributed by atoms with van der Waals surface area (Å²) in [4.78, 5) is 18.7. The number of nitrogens with zero attached hydrogens (tertiary/aromatic N) is 3. The van der Waals surface area contributed by atoms with Gasteiger partial charge in [0, 0.05) is 31.2 Å². The number of rotatable bonds is 6. The van der Waals surface area contributed by atoms with Gasteiger partial charge in [0.25, 0.3) is 0 Å². The number of ether oxygens (including phenoxy) is 1. The topological polar surface area (TPSA) is 77.2 Å². The summed E-state index contributed by atoms with van der Waals surface area (Å²) in [6, 6.07) is 3.72. The molecule has 0 atom stereocenters. The van der Waals surface area contributed by atoms with Crippen LogP contribution in [0.2, 0.25) is 0 Å². The molecule has 0 aliphatic rings. The van der Waals surface area contributed by atoms with Gasteiger partial charge < -0.3 is 14.4 Å². The molecule has 7 heteroatoms. The fourth-order valence-electron chi connectivity index (χ4n) is 1.54. The van der Waals surface area contributed by atoms with E-state index in [0.29, 0.717) is 17.6 Å². The molecule has 0 bridgehead atoms. The number of carbonyl (C=O) groups is 1. The molecular formula is C12H13N3O3S. The molecule has 0 aliphatic heterocycles. The molecule has 100 valence electrons. The van der Waals surface area contributed by atoms with Crippen LogP contribution in [0.4, 0.5) is 0 Å². The third-order valence-electron chi connectivity index (χ3n) is 2.36. The van der Waals surface area contributed by atoms with Gasteiger partial charge in [-0.25, -0.2) is 9.97 Å². The maximum Gasteiger partial charge on any atom is 0.313 e. The van der Waals surface area contributed by atoms with E-state index >= 15 is 0 Å². The van der Waals surface area contributed by atoms with E-state index in [-0.39, 0.29) is 5.75 Å². The molecular weight excluding hydrogens is 266 g/mol. The van der Waals surface area contributed by atoms with Crippen LogP contribution in [-0.2, 0) is 11.3 Å². The third kappa shape index (κ3) is 3.72. The average molecular weight is 279 g/mol. The van der Waals surface area contributed by atoms with Crippen LogP contribution in [0.15, 0.2) is 35.9 Å². The van der Waals surface area contributed by atoms with Gasteiger partial charge in [0.15, 0.2) is 5.16 Å². The Labute approximate surface area is 114 Å². The summed E-state index contributed by atoms with van der Waals surface area (Å²) >= 11 is 1.20. The summed E-state index contributed by atoms with van der Waals surface area (Å²) in [6.07, 6.45) is 5.15. The normalized spacial score (nSPS) is 10.4. The number of carboxylic acid groups (broad SMARTS) is 1. The summed E-state index contributed by atoms with van der Waals surface area (Å²) in [7, 11) is 1.57. The number of thioether (sulfide) groups is 1. The van der Waals surface area contributed by atoms with Crippen LogP contribution in [0, 0.1) is 0 Å². The number of imidazole rings is 1. The van der Waals surface area contributed by atoms with Gasteiger partial charge in [-0.3, -0.25) is 4.79 Å². The molecule has 0 aliphatic carbocycles. The SMILES string of the molecule is COc1cc(Cn2ccnc2SCC(=O)O)ccn1. The zero-order valence-corrected chi connectivity index (χ0v) is 11.1. The van der Waals surface area contributed by atoms with Gasteiger partial charge in [-0.05, 0) is 11.6 Å². The summed E-state index contributed by atoms with van der Waals surface area (Å²) in [6.45, 7) is 0.598. The highest BCUT2D eigenvalue weighted by Gasteiger charge is 2.07. The summed E-state index contributed by atoms with van der Waals surface area (Å²) in [5, 5.41) is 9.36. The van der Waals surface area contributed by atoms with Crippen molar-refractivity contribution in [3.8, 4) is 5.88 Å². The molecule has 0 fully saturated rings. The van der Waals surface area contributed by atoms with Crippen LogP contribution < -0.4 is 4.74 Å². The maximum atomic E-state index is 10.6. The number of carboxylic acids is 1. The van der Waals surface area contributed by atoms with E-state index < -0.39 is 5.97 Å². The highest BCUT2D eigenvalue weighted by atomic mass is 32.2. The molecule has 19 heavy (non-hydrogen) atoms. The minimum absolute atomic E-state index is 0.00329. The minimum Gasteiger partial charge on any atom is -0.481 e. The van der Waals surface area contributed by atoms with E-state index in [1.807, 2.05) is 22.9 Å². The first-order chi connectivity index (χ1) is 9.19. The molecule has 0 unspecified atom stereocenters. The van der Waals surface area contributed by atoms with Gasteiger partial charge in [-0.1, -0.05) is 11.8 Å². The van der Waals surface area contributed by atoms with Crippen LogP contribution >= 0.6 is 11.8 Å². The van der Waals surface area contributed by atoms with E-state index in [4.69, 9.17) is 9.84 Å². The van der Waals surface area contributed by atoms with Crippen molar-refractivity contribution in [1.82, 2.24) is 14.5 Å². The molecule has 0 saturated carbocycles. The lowest BCUT2D eigenvalue weighted by Crippen LogP contribution is -2.04. The zero-order valence-electron chi connectivity index (χ0n) is 10.3. The summed E-state index contributed by atoms with van der Waals surface area (Å²) in [5.41, 5.74) is 1.02. The standard InChI is InChI=1S/C12H13N3O3S/c1-18-10-6-9(2-3-13-10)7-15-5-4-14-12(15)19-8-11(16)17/h2-6H,7-8H2,1H3,(H,16,17). The van der Waals surface area contributed by atoms with Gasteiger partial charge in [0.2, 0.25) is 5.88 Å². The van der Waals surface area contributed by atoms with Crippen LogP contribution in [0.1, 0.15) is 5.56 Å². The zero-order chi connectivity index (χ0) is 13.7. The molecule has 2 heterocycles. The fraction of sp³-hybridized carbons (Fsp3) is 0.250. The van der Waals surface area contributed by atoms with Gasteiger partial charge in [0.1, 0.15) is 0 Å². The van der Waals surface area contributed by atoms with Gasteiger partial charge in [-0.15, -0.1) is 0 Å². The summed E-state index contributed by atoms with van der Waals surface area (Å²) < 4.78 is 6.96. The van der Waals surface area contributed by atoms with Crippen molar-refractivity contribution < 1.29 is 14.6 Å². The van der Waals surface area contributed by atoms with E-state index in [1.54, 1.807) is 19.5 Å². The number of aromatic nitrogens is 3. The number of hydrogen-bond donors (Lipinski definition) is 1. The second-order valence-corrected chi connectivity index (χ2v) is 4.67. The maximum absolute atomic E-state index is 10.6. The first-order valence-corrected chi connectivity index (χ1v) is 6.52. The Balaban J connectivity index is 2.10. The molecule has 1 N–H and O–H groups in total. The van der Waals surface area contributed by atoms with E-state index in [0.717, 1.165) is 5.56 Å². The molecule has 2 aromatic heterocycles. The van der Waals surface area contributed by atoms with Crippen molar-refractivity contribution >= 4 is 17.7 Å². The first kappa shape index (κ1) is 13.4. The lowest BCUT2D eigenvalue weighted by atomic mass is 10.2. The van der Waals surface area contributed by atoms with Crippen molar-refractivity contribution in [2.75, 3.05) is 12.9 Å². The third-order valence-corrected chi connectivity index (χ3v) is 3.35. The summed E-state index contributed by atoms with van der Waals surface area (Å²) in [5.74, 6) is -0.307. The quantitative estimate of drug-likeness (QED) is 0.808. The molecule has 0 saturated heterocycles. The van der Waals surface area contributed by atoms with Crippen molar-refractivity contribution in [2.45, 2.75) is 11.7 Å². The first-order valence-electron chi connectivity index (χ1n) is 5.53. The predicted molar refractivity (Wildman–Crippen MR) is 70.5 cm³/mol. The highest BCUT2D eigenvalue weighted by molar-refractivity contribution is 7.99. The molecule has 0 aromatic carbocycles. The Morgan fingerprint density at radius 2 is 2.32 bits per heavy atom. The van der Waals surface area contributed by atoms with Crippen LogP contribution in [-0.4, -0.2) is 38.5 Å². The van der Waals surface area contributed by atoms with Crippen LogP contribution in [0.25, 0.3) is 0 Å². The molecule has 0 amide bonds. The molecule has 0 radical (unpaired) electrons. The lowest BCUT2D eigenvalue weighted by Gasteiger charge is -2.07. The van der Waals surface area contributed by atoms with Crippen molar-refractivity contribution in [1.29, 1.82) is 0 Å². The largest absolute Gasteiger partial charge is 0.481 e. The van der Waals surface area contributed by atoms with Gasteiger partial charge in [-0.2, -0.15) is 0 Å². The fourth-order valence-corrected chi connectivity index (χ4v) is 2.22. The second-order valence-electron chi connectivity index (χ2n) is 3.73. The minimum atomic E-state index is -0.856. The monoisotopic (exact) mass is 279 g/mol. The van der Waals surface area contributed by atoms with Crippen molar-refractivity contribution in [3.05, 3.63) is 36.3 Å². The Kier molecular flexibility index (Phi) is 4.40. The molecule has 2 aromatic rings. The lowest BCUT2D eigenvalue weighted by molar-refractivity contribution is -0.133. The van der Waals surface area contributed by atoms with Gasteiger partial charge in [0.05, 0.1) is 12.9 Å². The average Bonchev–Trinajstić information content (AvgIpc) is 2.84. The number of hydrogen-bond acceptors (Lipinski definition) is 5. The van der Waals surface area contributed by atoms with Crippen molar-refractivity contribution in [3.63, 3.8) is 0 Å². The van der Waals surface area contributed by atoms with Crippen LogP contribution in [0.3, 0.4) is 0 Å². The number of aliphatic carboxylic acids is 1. The van der Waals surface area contributed by atoms with E-state index in [1.165, 1.54) is 11.8 Å². The highest BCUT2D eigenvalue weighted by Crippen LogP contribution is 2.18. The van der Waals surface area contributed by atoms with E-state index in [2.05, 4.69) is 9.97 Å². The Morgan fingerprint density at radius 3 is 3.05 bits per heavy atom. The number of pyridine rings is 1.